The highest BCUT2D eigenvalue weighted by atomic mass is 16.3. The first-order chi connectivity index (χ1) is 6.78. The smallest absolute Gasteiger partial charge is 0.142 e. The van der Waals surface area contributed by atoms with Gasteiger partial charge in [-0.15, -0.1) is 0 Å². The maximum absolute atomic E-state index is 9.09. The van der Waals surface area contributed by atoms with Gasteiger partial charge in [-0.2, -0.15) is 5.26 Å². The molecule has 0 saturated heterocycles. The van der Waals surface area contributed by atoms with Crippen molar-refractivity contribution < 1.29 is 5.11 Å². The SMILES string of the molecule is N#Cc1cccc(NC2(CO)CC2)n1. The van der Waals surface area contributed by atoms with Crippen LogP contribution in [0.3, 0.4) is 0 Å². The molecule has 0 aliphatic heterocycles. The summed E-state index contributed by atoms with van der Waals surface area (Å²) in [6.45, 7) is 0.117. The Hall–Kier alpha value is -1.60. The van der Waals surface area contributed by atoms with Crippen LogP contribution in [0.1, 0.15) is 18.5 Å². The molecule has 4 heteroatoms. The van der Waals surface area contributed by atoms with E-state index < -0.39 is 0 Å². The van der Waals surface area contributed by atoms with Gasteiger partial charge in [-0.05, 0) is 25.0 Å². The third-order valence-corrected chi connectivity index (χ3v) is 2.41. The van der Waals surface area contributed by atoms with Crippen molar-refractivity contribution in [1.82, 2.24) is 4.98 Å². The molecule has 0 aromatic carbocycles. The number of nitrogens with zero attached hydrogens (tertiary/aromatic N) is 2. The van der Waals surface area contributed by atoms with Gasteiger partial charge in [0, 0.05) is 0 Å². The molecule has 2 N–H and O–H groups in total. The highest BCUT2D eigenvalue weighted by Crippen LogP contribution is 2.37. The van der Waals surface area contributed by atoms with Crippen LogP contribution in [-0.4, -0.2) is 22.2 Å². The van der Waals surface area contributed by atoms with Crippen LogP contribution in [0.25, 0.3) is 0 Å². The predicted molar refractivity (Wildman–Crippen MR) is 51.6 cm³/mol. The number of hydrogen-bond donors (Lipinski definition) is 2. The Bertz CT molecular complexity index is 379. The molecule has 0 atom stereocenters. The molecule has 72 valence electrons. The van der Waals surface area contributed by atoms with E-state index in [0.29, 0.717) is 11.5 Å². The van der Waals surface area contributed by atoms with E-state index in [-0.39, 0.29) is 12.1 Å². The fourth-order valence-electron chi connectivity index (χ4n) is 1.31. The number of aromatic nitrogens is 1. The standard InChI is InChI=1S/C10H11N3O/c11-6-8-2-1-3-9(12-8)13-10(7-14)4-5-10/h1-3,14H,4-5,7H2,(H,12,13). The highest BCUT2D eigenvalue weighted by Gasteiger charge is 2.42. The van der Waals surface area contributed by atoms with E-state index in [1.54, 1.807) is 18.2 Å². The summed E-state index contributed by atoms with van der Waals surface area (Å²) >= 11 is 0. The lowest BCUT2D eigenvalue weighted by atomic mass is 10.3. The molecule has 4 nitrogen and oxygen atoms in total. The average Bonchev–Trinajstić information content (AvgIpc) is 2.99. The zero-order valence-corrected chi connectivity index (χ0v) is 7.70. The first-order valence-corrected chi connectivity index (χ1v) is 4.54. The summed E-state index contributed by atoms with van der Waals surface area (Å²) in [5.74, 6) is 0.663. The van der Waals surface area contributed by atoms with E-state index >= 15 is 0 Å². The molecule has 0 amide bonds. The quantitative estimate of drug-likeness (QED) is 0.740. The van der Waals surface area contributed by atoms with Crippen LogP contribution in [0.4, 0.5) is 5.82 Å². The number of hydrogen-bond acceptors (Lipinski definition) is 4. The first kappa shape index (κ1) is 8.97. The summed E-state index contributed by atoms with van der Waals surface area (Å²) in [4.78, 5) is 4.08. The number of pyridine rings is 1. The topological polar surface area (TPSA) is 68.9 Å². The largest absolute Gasteiger partial charge is 0.394 e. The second kappa shape index (κ2) is 3.28. The lowest BCUT2D eigenvalue weighted by Crippen LogP contribution is -2.26. The third kappa shape index (κ3) is 1.68. The molecule has 1 aromatic heterocycles. The van der Waals surface area contributed by atoms with Gasteiger partial charge in [-0.1, -0.05) is 6.07 Å². The maximum Gasteiger partial charge on any atom is 0.142 e. The van der Waals surface area contributed by atoms with Crippen LogP contribution in [0.2, 0.25) is 0 Å². The van der Waals surface area contributed by atoms with Gasteiger partial charge in [-0.25, -0.2) is 4.98 Å². The first-order valence-electron chi connectivity index (χ1n) is 4.54. The Morgan fingerprint density at radius 2 is 2.36 bits per heavy atom. The highest BCUT2D eigenvalue weighted by molar-refractivity contribution is 5.43. The van der Waals surface area contributed by atoms with Crippen molar-refractivity contribution in [3.05, 3.63) is 23.9 Å². The second-order valence-corrected chi connectivity index (χ2v) is 3.58. The molecule has 1 fully saturated rings. The van der Waals surface area contributed by atoms with Crippen molar-refractivity contribution in [2.45, 2.75) is 18.4 Å². The summed E-state index contributed by atoms with van der Waals surface area (Å²) in [7, 11) is 0. The Labute approximate surface area is 82.2 Å². The van der Waals surface area contributed by atoms with E-state index in [4.69, 9.17) is 10.4 Å². The minimum atomic E-state index is -0.179. The Morgan fingerprint density at radius 1 is 1.57 bits per heavy atom. The van der Waals surface area contributed by atoms with E-state index in [9.17, 15) is 0 Å². The van der Waals surface area contributed by atoms with Gasteiger partial charge in [0.05, 0.1) is 12.1 Å². The number of aliphatic hydroxyl groups is 1. The second-order valence-electron chi connectivity index (χ2n) is 3.58. The fraction of sp³-hybridized carbons (Fsp3) is 0.400. The van der Waals surface area contributed by atoms with Crippen LogP contribution in [-0.2, 0) is 0 Å². The third-order valence-electron chi connectivity index (χ3n) is 2.41. The normalized spacial score (nSPS) is 17.1. The molecule has 0 radical (unpaired) electrons. The minimum Gasteiger partial charge on any atom is -0.394 e. The van der Waals surface area contributed by atoms with Crippen molar-refractivity contribution in [1.29, 1.82) is 5.26 Å². The summed E-state index contributed by atoms with van der Waals surface area (Å²) < 4.78 is 0. The fourth-order valence-corrected chi connectivity index (χ4v) is 1.31. The predicted octanol–water partition coefficient (Wildman–Crippen LogP) is 0.890. The molecule has 0 bridgehead atoms. The number of nitrogens with one attached hydrogen (secondary N) is 1. The van der Waals surface area contributed by atoms with Crippen LogP contribution in [0, 0.1) is 11.3 Å². The zero-order valence-electron chi connectivity index (χ0n) is 7.70. The summed E-state index contributed by atoms with van der Waals surface area (Å²) in [6, 6.07) is 7.22. The summed E-state index contributed by atoms with van der Waals surface area (Å²) in [5, 5.41) is 20.9. The molecule has 1 heterocycles. The van der Waals surface area contributed by atoms with E-state index in [0.717, 1.165) is 12.8 Å². The molecule has 0 spiro atoms. The van der Waals surface area contributed by atoms with Crippen LogP contribution in [0.5, 0.6) is 0 Å². The Balaban J connectivity index is 2.14. The van der Waals surface area contributed by atoms with Gasteiger partial charge in [0.1, 0.15) is 17.6 Å². The number of aliphatic hydroxyl groups excluding tert-OH is 1. The maximum atomic E-state index is 9.09. The molecule has 0 unspecified atom stereocenters. The average molecular weight is 189 g/mol. The van der Waals surface area contributed by atoms with Crippen molar-refractivity contribution in [3.8, 4) is 6.07 Å². The molecule has 1 saturated carbocycles. The summed E-state index contributed by atoms with van der Waals surface area (Å²) in [5.41, 5.74) is 0.213. The Kier molecular flexibility index (Phi) is 2.10. The van der Waals surface area contributed by atoms with Gasteiger partial charge >= 0.3 is 0 Å². The van der Waals surface area contributed by atoms with Gasteiger partial charge in [0.2, 0.25) is 0 Å². The molecule has 1 aliphatic carbocycles. The van der Waals surface area contributed by atoms with Crippen LogP contribution >= 0.6 is 0 Å². The van der Waals surface area contributed by atoms with Gasteiger partial charge in [0.25, 0.3) is 0 Å². The molecular formula is C10H11N3O. The molecule has 1 aromatic rings. The number of rotatable bonds is 3. The van der Waals surface area contributed by atoms with Gasteiger partial charge < -0.3 is 10.4 Å². The Morgan fingerprint density at radius 3 is 2.93 bits per heavy atom. The lowest BCUT2D eigenvalue weighted by molar-refractivity contribution is 0.266. The van der Waals surface area contributed by atoms with Gasteiger partial charge in [-0.3, -0.25) is 0 Å². The zero-order chi connectivity index (χ0) is 10.0. The van der Waals surface area contributed by atoms with Crippen molar-refractivity contribution >= 4 is 5.82 Å². The van der Waals surface area contributed by atoms with Crippen LogP contribution < -0.4 is 5.32 Å². The molecular weight excluding hydrogens is 178 g/mol. The minimum absolute atomic E-state index is 0.117. The molecule has 14 heavy (non-hydrogen) atoms. The molecule has 2 rings (SSSR count). The molecule has 1 aliphatic rings. The van der Waals surface area contributed by atoms with Crippen LogP contribution in [0.15, 0.2) is 18.2 Å². The van der Waals surface area contributed by atoms with E-state index in [1.807, 2.05) is 6.07 Å². The number of nitriles is 1. The summed E-state index contributed by atoms with van der Waals surface area (Å²) in [6.07, 6.45) is 1.92. The van der Waals surface area contributed by atoms with Crippen molar-refractivity contribution in [2.75, 3.05) is 11.9 Å². The van der Waals surface area contributed by atoms with Gasteiger partial charge in [0.15, 0.2) is 0 Å². The lowest BCUT2D eigenvalue weighted by Gasteiger charge is -2.14. The van der Waals surface area contributed by atoms with Crippen molar-refractivity contribution in [3.63, 3.8) is 0 Å². The van der Waals surface area contributed by atoms with E-state index in [2.05, 4.69) is 10.3 Å². The monoisotopic (exact) mass is 189 g/mol. The van der Waals surface area contributed by atoms with E-state index in [1.165, 1.54) is 0 Å². The van der Waals surface area contributed by atoms with Crippen molar-refractivity contribution in [2.24, 2.45) is 0 Å². The number of anilines is 1.